The van der Waals surface area contributed by atoms with Crippen LogP contribution in [0.15, 0.2) is 83.9 Å². The third-order valence-electron chi connectivity index (χ3n) is 4.37. The number of amides is 1. The summed E-state index contributed by atoms with van der Waals surface area (Å²) >= 11 is 13.9. The lowest BCUT2D eigenvalue weighted by molar-refractivity contribution is -0.116. The lowest BCUT2D eigenvalue weighted by Crippen LogP contribution is -2.32. The van der Waals surface area contributed by atoms with Crippen molar-refractivity contribution in [3.8, 4) is 0 Å². The van der Waals surface area contributed by atoms with Crippen molar-refractivity contribution in [2.24, 2.45) is 4.99 Å². The highest BCUT2D eigenvalue weighted by Gasteiger charge is 2.39. The van der Waals surface area contributed by atoms with Crippen LogP contribution in [-0.2, 0) is 11.2 Å². The number of aliphatic imine (C=N–C) groups is 1. The quantitative estimate of drug-likeness (QED) is 0.485. The third-order valence-corrected chi connectivity index (χ3v) is 6.36. The molecule has 28 heavy (non-hydrogen) atoms. The number of amidine groups is 1. The van der Waals surface area contributed by atoms with E-state index in [0.717, 1.165) is 16.9 Å². The second-order valence-electron chi connectivity index (χ2n) is 6.26. The predicted octanol–water partition coefficient (Wildman–Crippen LogP) is 6.37. The zero-order valence-corrected chi connectivity index (χ0v) is 17.1. The summed E-state index contributed by atoms with van der Waals surface area (Å²) in [6.45, 7) is 0. The topological polar surface area (TPSA) is 32.7 Å². The van der Waals surface area contributed by atoms with Crippen molar-refractivity contribution in [1.82, 2.24) is 0 Å². The number of carbonyl (C=O) groups excluding carboxylic acids is 1. The van der Waals surface area contributed by atoms with E-state index < -0.39 is 0 Å². The molecule has 0 spiro atoms. The molecule has 1 atom stereocenters. The van der Waals surface area contributed by atoms with Gasteiger partial charge < -0.3 is 0 Å². The minimum absolute atomic E-state index is 0.0121. The number of hydrogen-bond acceptors (Lipinski definition) is 3. The van der Waals surface area contributed by atoms with E-state index in [1.54, 1.807) is 11.0 Å². The number of anilines is 1. The molecular weight excluding hydrogens is 411 g/mol. The fourth-order valence-electron chi connectivity index (χ4n) is 3.01. The summed E-state index contributed by atoms with van der Waals surface area (Å²) in [5.41, 5.74) is 2.46. The summed E-state index contributed by atoms with van der Waals surface area (Å²) in [6, 6.07) is 24.7. The van der Waals surface area contributed by atoms with Crippen molar-refractivity contribution in [3.63, 3.8) is 0 Å². The van der Waals surface area contributed by atoms with E-state index in [1.165, 1.54) is 11.8 Å². The predicted molar refractivity (Wildman–Crippen MR) is 119 cm³/mol. The molecular formula is C22H16Cl2N2OS. The van der Waals surface area contributed by atoms with Gasteiger partial charge >= 0.3 is 0 Å². The zero-order valence-electron chi connectivity index (χ0n) is 14.8. The van der Waals surface area contributed by atoms with Crippen LogP contribution in [0.1, 0.15) is 5.56 Å². The largest absolute Gasteiger partial charge is 0.273 e. The highest BCUT2D eigenvalue weighted by molar-refractivity contribution is 8.16. The summed E-state index contributed by atoms with van der Waals surface area (Å²) < 4.78 is 0. The van der Waals surface area contributed by atoms with Gasteiger partial charge in [0.1, 0.15) is 0 Å². The van der Waals surface area contributed by atoms with Gasteiger partial charge in [-0.15, -0.1) is 0 Å². The Labute approximate surface area is 178 Å². The minimum atomic E-state index is -0.321. The molecule has 3 aromatic rings. The van der Waals surface area contributed by atoms with E-state index in [-0.39, 0.29) is 11.2 Å². The van der Waals surface area contributed by atoms with Crippen LogP contribution in [0.2, 0.25) is 10.0 Å². The molecule has 1 aliphatic rings. The van der Waals surface area contributed by atoms with E-state index in [1.807, 2.05) is 72.8 Å². The maximum absolute atomic E-state index is 13.3. The first kappa shape index (κ1) is 19.1. The van der Waals surface area contributed by atoms with E-state index >= 15 is 0 Å². The van der Waals surface area contributed by atoms with Crippen LogP contribution in [0.3, 0.4) is 0 Å². The first-order valence-corrected chi connectivity index (χ1v) is 10.4. The molecule has 3 nitrogen and oxygen atoms in total. The van der Waals surface area contributed by atoms with Gasteiger partial charge in [0, 0.05) is 0 Å². The first-order valence-electron chi connectivity index (χ1n) is 8.76. The maximum atomic E-state index is 13.3. The fourth-order valence-corrected chi connectivity index (χ4v) is 4.59. The van der Waals surface area contributed by atoms with E-state index in [9.17, 15) is 4.79 Å². The number of rotatable bonds is 4. The van der Waals surface area contributed by atoms with Crippen molar-refractivity contribution >= 4 is 57.4 Å². The normalized spacial score (nSPS) is 18.1. The van der Waals surface area contributed by atoms with Crippen molar-refractivity contribution in [3.05, 3.63) is 94.5 Å². The Kier molecular flexibility index (Phi) is 5.72. The SMILES string of the molecule is O=C1[C@H](Cc2cccc(Cl)c2Cl)SC(=Nc2ccccc2)N1c1ccccc1. The average Bonchev–Trinajstić information content (AvgIpc) is 3.02. The summed E-state index contributed by atoms with van der Waals surface area (Å²) in [5, 5.41) is 1.33. The van der Waals surface area contributed by atoms with E-state index in [0.29, 0.717) is 21.6 Å². The summed E-state index contributed by atoms with van der Waals surface area (Å²) in [4.78, 5) is 19.7. The second-order valence-corrected chi connectivity index (χ2v) is 8.22. The summed E-state index contributed by atoms with van der Waals surface area (Å²) in [7, 11) is 0. The molecule has 0 N–H and O–H groups in total. The number of benzene rings is 3. The van der Waals surface area contributed by atoms with Crippen LogP contribution in [0.4, 0.5) is 11.4 Å². The van der Waals surface area contributed by atoms with Gasteiger partial charge in [-0.05, 0) is 42.3 Å². The van der Waals surface area contributed by atoms with Crippen LogP contribution in [0.25, 0.3) is 0 Å². The molecule has 0 radical (unpaired) electrons. The monoisotopic (exact) mass is 426 g/mol. The molecule has 0 saturated carbocycles. The number of carbonyl (C=O) groups is 1. The number of thioether (sulfide) groups is 1. The minimum Gasteiger partial charge on any atom is -0.273 e. The number of nitrogens with zero attached hydrogens (tertiary/aromatic N) is 2. The zero-order chi connectivity index (χ0) is 19.5. The van der Waals surface area contributed by atoms with Gasteiger partial charge in [-0.25, -0.2) is 4.99 Å². The van der Waals surface area contributed by atoms with Crippen molar-refractivity contribution in [2.45, 2.75) is 11.7 Å². The Hall–Kier alpha value is -2.27. The number of para-hydroxylation sites is 2. The highest BCUT2D eigenvalue weighted by atomic mass is 35.5. The lowest BCUT2D eigenvalue weighted by Gasteiger charge is -2.16. The van der Waals surface area contributed by atoms with E-state index in [4.69, 9.17) is 28.2 Å². The van der Waals surface area contributed by atoms with Crippen LogP contribution in [0, 0.1) is 0 Å². The molecule has 1 heterocycles. The highest BCUT2D eigenvalue weighted by Crippen LogP contribution is 2.37. The van der Waals surface area contributed by atoms with E-state index in [2.05, 4.69) is 0 Å². The van der Waals surface area contributed by atoms with Crippen LogP contribution in [-0.4, -0.2) is 16.3 Å². The Bertz CT molecular complexity index is 1030. The molecule has 0 unspecified atom stereocenters. The molecule has 0 aliphatic carbocycles. The molecule has 0 aromatic heterocycles. The first-order chi connectivity index (χ1) is 13.6. The smallest absolute Gasteiger partial charge is 0.247 e. The summed E-state index contributed by atoms with van der Waals surface area (Å²) in [6.07, 6.45) is 0.486. The number of hydrogen-bond donors (Lipinski definition) is 0. The molecule has 1 amide bonds. The Morgan fingerprint density at radius 2 is 1.57 bits per heavy atom. The van der Waals surface area contributed by atoms with Crippen molar-refractivity contribution in [1.29, 1.82) is 0 Å². The fraction of sp³-hybridized carbons (Fsp3) is 0.0909. The molecule has 1 fully saturated rings. The second kappa shape index (κ2) is 8.39. The lowest BCUT2D eigenvalue weighted by atomic mass is 10.1. The van der Waals surface area contributed by atoms with Crippen molar-refractivity contribution in [2.75, 3.05) is 4.90 Å². The van der Waals surface area contributed by atoms with Gasteiger partial charge in [0.05, 0.1) is 26.7 Å². The Balaban J connectivity index is 1.70. The molecule has 3 aromatic carbocycles. The van der Waals surface area contributed by atoms with Gasteiger partial charge in [-0.2, -0.15) is 0 Å². The van der Waals surface area contributed by atoms with Gasteiger partial charge in [0.2, 0.25) is 5.91 Å². The standard InChI is InChI=1S/C22H16Cl2N2OS/c23-18-13-7-8-15(20(18)24)14-19-21(27)26(17-11-5-2-6-12-17)22(28-19)25-16-9-3-1-4-10-16/h1-13,19H,14H2/t19-/m0/s1. The average molecular weight is 427 g/mol. The van der Waals surface area contributed by atoms with Crippen molar-refractivity contribution < 1.29 is 4.79 Å². The van der Waals surface area contributed by atoms with Gasteiger partial charge in [-0.3, -0.25) is 9.69 Å². The Morgan fingerprint density at radius 1 is 0.893 bits per heavy atom. The van der Waals surface area contributed by atoms with Gasteiger partial charge in [0.15, 0.2) is 5.17 Å². The van der Waals surface area contributed by atoms with Gasteiger partial charge in [0.25, 0.3) is 0 Å². The molecule has 0 bridgehead atoms. The molecule has 1 aliphatic heterocycles. The summed E-state index contributed by atoms with van der Waals surface area (Å²) in [5.74, 6) is -0.0121. The molecule has 4 rings (SSSR count). The van der Waals surface area contributed by atoms with Crippen LogP contribution < -0.4 is 4.90 Å². The maximum Gasteiger partial charge on any atom is 0.247 e. The number of halogens is 2. The van der Waals surface area contributed by atoms with Crippen LogP contribution >= 0.6 is 35.0 Å². The Morgan fingerprint density at radius 3 is 2.29 bits per heavy atom. The molecule has 1 saturated heterocycles. The van der Waals surface area contributed by atoms with Crippen LogP contribution in [0.5, 0.6) is 0 Å². The molecule has 140 valence electrons. The van der Waals surface area contributed by atoms with Gasteiger partial charge in [-0.1, -0.05) is 83.5 Å². The molecule has 6 heteroatoms. The third kappa shape index (κ3) is 3.95.